The van der Waals surface area contributed by atoms with Gasteiger partial charge in [0.1, 0.15) is 6.61 Å². The van der Waals surface area contributed by atoms with Crippen LogP contribution in [0.1, 0.15) is 17.3 Å². The Morgan fingerprint density at radius 3 is 2.21 bits per heavy atom. The van der Waals surface area contributed by atoms with Crippen LogP contribution in [0, 0.1) is 0 Å². The molecule has 1 atom stereocenters. The summed E-state index contributed by atoms with van der Waals surface area (Å²) in [7, 11) is 0. The second-order valence-corrected chi connectivity index (χ2v) is 6.22. The summed E-state index contributed by atoms with van der Waals surface area (Å²) >= 11 is 0. The lowest BCUT2D eigenvalue weighted by Gasteiger charge is -2.15. The van der Waals surface area contributed by atoms with Crippen LogP contribution in [-0.4, -0.2) is 43.8 Å². The Balaban J connectivity index is 1.76. The average molecular weight is 394 g/mol. The molecule has 0 aliphatic heterocycles. The van der Waals surface area contributed by atoms with Gasteiger partial charge in [-0.05, 0) is 30.2 Å². The van der Waals surface area contributed by atoms with E-state index < -0.39 is 30.6 Å². The van der Waals surface area contributed by atoms with Gasteiger partial charge in [-0.25, -0.2) is 0 Å². The van der Waals surface area contributed by atoms with E-state index in [0.717, 1.165) is 11.1 Å². The van der Waals surface area contributed by atoms with Crippen LogP contribution in [0.2, 0.25) is 0 Å². The maximum atomic E-state index is 12.1. The number of hydrogen-bond donors (Lipinski definition) is 2. The standard InChI is InChI=1S/C20H21F3N2O3/c1-14(12-28-13-20(21,22)23)25-18(26)11-24-19(27)17-9-7-16(8-10-17)15-5-3-2-4-6-15/h2-10,14H,11-13H2,1H3,(H,24,27)(H,25,26). The third kappa shape index (κ3) is 7.40. The second kappa shape index (κ2) is 9.89. The zero-order chi connectivity index (χ0) is 20.6. The van der Waals surface area contributed by atoms with Crippen molar-refractivity contribution in [2.24, 2.45) is 0 Å². The smallest absolute Gasteiger partial charge is 0.370 e. The number of rotatable bonds is 8. The fourth-order valence-corrected chi connectivity index (χ4v) is 2.43. The number of halogens is 3. The summed E-state index contributed by atoms with van der Waals surface area (Å²) in [5.74, 6) is -0.937. The van der Waals surface area contributed by atoms with Crippen LogP contribution in [0.4, 0.5) is 13.2 Å². The summed E-state index contributed by atoms with van der Waals surface area (Å²) in [4.78, 5) is 23.9. The normalized spacial score (nSPS) is 12.3. The first-order valence-corrected chi connectivity index (χ1v) is 8.62. The molecule has 28 heavy (non-hydrogen) atoms. The fraction of sp³-hybridized carbons (Fsp3) is 0.300. The summed E-state index contributed by atoms with van der Waals surface area (Å²) in [5.41, 5.74) is 2.38. The number of carbonyl (C=O) groups is 2. The van der Waals surface area contributed by atoms with E-state index in [4.69, 9.17) is 0 Å². The van der Waals surface area contributed by atoms with Crippen molar-refractivity contribution in [3.8, 4) is 11.1 Å². The lowest BCUT2D eigenvalue weighted by atomic mass is 10.0. The Hall–Kier alpha value is -2.87. The van der Waals surface area contributed by atoms with Crippen LogP contribution in [0.5, 0.6) is 0 Å². The van der Waals surface area contributed by atoms with Crippen LogP contribution in [0.3, 0.4) is 0 Å². The topological polar surface area (TPSA) is 67.4 Å². The zero-order valence-corrected chi connectivity index (χ0v) is 15.3. The molecule has 2 rings (SSSR count). The molecule has 2 aromatic carbocycles. The van der Waals surface area contributed by atoms with Gasteiger partial charge in [0.15, 0.2) is 0 Å². The fourth-order valence-electron chi connectivity index (χ4n) is 2.43. The van der Waals surface area contributed by atoms with Crippen molar-refractivity contribution < 1.29 is 27.5 Å². The molecule has 2 amide bonds. The van der Waals surface area contributed by atoms with Gasteiger partial charge in [0, 0.05) is 11.6 Å². The molecule has 0 aliphatic rings. The quantitative estimate of drug-likeness (QED) is 0.723. The minimum absolute atomic E-state index is 0.278. The van der Waals surface area contributed by atoms with E-state index in [9.17, 15) is 22.8 Å². The molecule has 0 aliphatic carbocycles. The van der Waals surface area contributed by atoms with E-state index in [1.165, 1.54) is 6.92 Å². The molecular weight excluding hydrogens is 373 g/mol. The number of benzene rings is 2. The first-order chi connectivity index (χ1) is 13.2. The lowest BCUT2D eigenvalue weighted by Crippen LogP contribution is -2.42. The third-order valence-electron chi connectivity index (χ3n) is 3.70. The number of amides is 2. The number of ether oxygens (including phenoxy) is 1. The van der Waals surface area contributed by atoms with Crippen molar-refractivity contribution >= 4 is 11.8 Å². The van der Waals surface area contributed by atoms with E-state index >= 15 is 0 Å². The molecule has 5 nitrogen and oxygen atoms in total. The summed E-state index contributed by atoms with van der Waals surface area (Å²) < 4.78 is 40.5. The predicted octanol–water partition coefficient (Wildman–Crippen LogP) is 3.17. The highest BCUT2D eigenvalue weighted by Gasteiger charge is 2.27. The molecule has 0 aromatic heterocycles. The molecular formula is C20H21F3N2O3. The van der Waals surface area contributed by atoms with Gasteiger partial charge in [0.2, 0.25) is 5.91 Å². The number of hydrogen-bond acceptors (Lipinski definition) is 3. The van der Waals surface area contributed by atoms with Crippen LogP contribution in [-0.2, 0) is 9.53 Å². The first kappa shape index (κ1) is 21.4. The Labute approximate surface area is 160 Å². The number of nitrogens with one attached hydrogen (secondary N) is 2. The average Bonchev–Trinajstić information content (AvgIpc) is 2.66. The van der Waals surface area contributed by atoms with Gasteiger partial charge < -0.3 is 15.4 Å². The molecule has 0 saturated carbocycles. The van der Waals surface area contributed by atoms with Crippen LogP contribution >= 0.6 is 0 Å². The van der Waals surface area contributed by atoms with Crippen molar-refractivity contribution in [3.63, 3.8) is 0 Å². The summed E-state index contributed by atoms with van der Waals surface area (Å²) in [6.07, 6.45) is -4.41. The minimum atomic E-state index is -4.41. The number of carbonyl (C=O) groups excluding carboxylic acids is 2. The van der Waals surface area contributed by atoms with Crippen LogP contribution < -0.4 is 10.6 Å². The van der Waals surface area contributed by atoms with Gasteiger partial charge in [-0.15, -0.1) is 0 Å². The molecule has 2 N–H and O–H groups in total. The Kier molecular flexibility index (Phi) is 7.57. The van der Waals surface area contributed by atoms with E-state index in [1.54, 1.807) is 12.1 Å². The molecule has 150 valence electrons. The third-order valence-corrected chi connectivity index (χ3v) is 3.70. The lowest BCUT2D eigenvalue weighted by molar-refractivity contribution is -0.175. The van der Waals surface area contributed by atoms with Gasteiger partial charge in [0.25, 0.3) is 5.91 Å². The van der Waals surface area contributed by atoms with Crippen LogP contribution in [0.15, 0.2) is 54.6 Å². The summed E-state index contributed by atoms with van der Waals surface area (Å²) in [6.45, 7) is -0.426. The van der Waals surface area contributed by atoms with Crippen molar-refractivity contribution in [2.75, 3.05) is 19.8 Å². The van der Waals surface area contributed by atoms with Gasteiger partial charge in [-0.1, -0.05) is 42.5 Å². The summed E-state index contributed by atoms with van der Waals surface area (Å²) in [5, 5.41) is 4.93. The monoisotopic (exact) mass is 394 g/mol. The molecule has 2 aromatic rings. The van der Waals surface area contributed by atoms with Crippen molar-refractivity contribution in [2.45, 2.75) is 19.1 Å². The van der Waals surface area contributed by atoms with Crippen molar-refractivity contribution in [1.82, 2.24) is 10.6 Å². The molecule has 0 heterocycles. The zero-order valence-electron chi connectivity index (χ0n) is 15.3. The highest BCUT2D eigenvalue weighted by molar-refractivity contribution is 5.96. The Bertz CT molecular complexity index is 778. The second-order valence-electron chi connectivity index (χ2n) is 6.22. The maximum absolute atomic E-state index is 12.1. The molecule has 0 fully saturated rings. The molecule has 0 saturated heterocycles. The Morgan fingerprint density at radius 2 is 1.61 bits per heavy atom. The molecule has 0 spiro atoms. The molecule has 8 heteroatoms. The van der Waals surface area contributed by atoms with Gasteiger partial charge >= 0.3 is 6.18 Å². The van der Waals surface area contributed by atoms with Gasteiger partial charge in [-0.2, -0.15) is 13.2 Å². The van der Waals surface area contributed by atoms with E-state index in [2.05, 4.69) is 15.4 Å². The maximum Gasteiger partial charge on any atom is 0.411 e. The van der Waals surface area contributed by atoms with Gasteiger partial charge in [-0.3, -0.25) is 9.59 Å². The van der Waals surface area contributed by atoms with Crippen molar-refractivity contribution in [1.29, 1.82) is 0 Å². The van der Waals surface area contributed by atoms with E-state index in [1.807, 2.05) is 42.5 Å². The molecule has 0 bridgehead atoms. The van der Waals surface area contributed by atoms with Crippen molar-refractivity contribution in [3.05, 3.63) is 60.2 Å². The van der Waals surface area contributed by atoms with E-state index in [0.29, 0.717) is 5.56 Å². The highest BCUT2D eigenvalue weighted by Crippen LogP contribution is 2.19. The SMILES string of the molecule is CC(COCC(F)(F)F)NC(=O)CNC(=O)c1ccc(-c2ccccc2)cc1. The minimum Gasteiger partial charge on any atom is -0.370 e. The predicted molar refractivity (Wildman–Crippen MR) is 98.7 cm³/mol. The summed E-state index contributed by atoms with van der Waals surface area (Å²) in [6, 6.07) is 16.0. The molecule has 0 radical (unpaired) electrons. The van der Waals surface area contributed by atoms with E-state index in [-0.39, 0.29) is 13.2 Å². The first-order valence-electron chi connectivity index (χ1n) is 8.62. The highest BCUT2D eigenvalue weighted by atomic mass is 19.4. The number of alkyl halides is 3. The van der Waals surface area contributed by atoms with Gasteiger partial charge in [0.05, 0.1) is 13.2 Å². The van der Waals surface area contributed by atoms with Crippen LogP contribution in [0.25, 0.3) is 11.1 Å². The Morgan fingerprint density at radius 1 is 1.00 bits per heavy atom. The largest absolute Gasteiger partial charge is 0.411 e. The molecule has 1 unspecified atom stereocenters.